The Morgan fingerprint density at radius 3 is 2.96 bits per heavy atom. The van der Waals surface area contributed by atoms with Gasteiger partial charge in [-0.1, -0.05) is 18.2 Å². The fourth-order valence-corrected chi connectivity index (χ4v) is 2.56. The van der Waals surface area contributed by atoms with E-state index in [1.807, 2.05) is 24.3 Å². The fraction of sp³-hybridized carbons (Fsp3) is 0.353. The molecule has 120 valence electrons. The van der Waals surface area contributed by atoms with Crippen molar-refractivity contribution in [2.75, 3.05) is 18.5 Å². The van der Waals surface area contributed by atoms with Crippen molar-refractivity contribution in [1.82, 2.24) is 4.98 Å². The summed E-state index contributed by atoms with van der Waals surface area (Å²) in [5, 5.41) is 3.52. The molecule has 0 saturated carbocycles. The summed E-state index contributed by atoms with van der Waals surface area (Å²) in [6.45, 7) is 2.57. The Labute approximate surface area is 133 Å². The molecule has 3 rings (SSSR count). The van der Waals surface area contributed by atoms with Crippen molar-refractivity contribution in [3.05, 3.63) is 35.9 Å². The van der Waals surface area contributed by atoms with E-state index >= 15 is 0 Å². The molecule has 0 spiro atoms. The second kappa shape index (κ2) is 6.75. The lowest BCUT2D eigenvalue weighted by Gasteiger charge is -2.13. The Bertz CT molecular complexity index is 738. The summed E-state index contributed by atoms with van der Waals surface area (Å²) in [7, 11) is 0. The van der Waals surface area contributed by atoms with Gasteiger partial charge in [0.15, 0.2) is 0 Å². The number of hydrogen-bond donors (Lipinski definition) is 1. The molecular formula is C17H18N2O4. The number of benzene rings is 1. The van der Waals surface area contributed by atoms with Gasteiger partial charge in [0.05, 0.1) is 12.1 Å². The zero-order valence-corrected chi connectivity index (χ0v) is 12.9. The van der Waals surface area contributed by atoms with E-state index in [1.165, 1.54) is 0 Å². The lowest BCUT2D eigenvalue weighted by atomic mass is 10.1. The van der Waals surface area contributed by atoms with Crippen LogP contribution < -0.4 is 5.32 Å². The molecule has 1 aliphatic heterocycles. The van der Waals surface area contributed by atoms with E-state index < -0.39 is 12.1 Å². The lowest BCUT2D eigenvalue weighted by molar-refractivity contribution is -0.124. The van der Waals surface area contributed by atoms with Gasteiger partial charge >= 0.3 is 5.97 Å². The van der Waals surface area contributed by atoms with Gasteiger partial charge in [-0.15, -0.1) is 0 Å². The molecule has 1 N–H and O–H groups in total. The van der Waals surface area contributed by atoms with E-state index in [0.717, 1.165) is 11.8 Å². The number of rotatable bonds is 4. The molecule has 2 aromatic rings. The Morgan fingerprint density at radius 1 is 1.39 bits per heavy atom. The number of aromatic nitrogens is 1. The number of anilines is 1. The summed E-state index contributed by atoms with van der Waals surface area (Å²) in [5.74, 6) is -0.577. The Kier molecular flexibility index (Phi) is 4.52. The predicted molar refractivity (Wildman–Crippen MR) is 85.3 cm³/mol. The van der Waals surface area contributed by atoms with Crippen LogP contribution in [0.4, 0.5) is 5.82 Å². The van der Waals surface area contributed by atoms with Crippen molar-refractivity contribution in [2.45, 2.75) is 25.9 Å². The normalized spacial score (nSPS) is 17.2. The molecule has 1 atom stereocenters. The smallest absolute Gasteiger partial charge is 0.341 e. The van der Waals surface area contributed by atoms with Gasteiger partial charge in [-0.2, -0.15) is 0 Å². The van der Waals surface area contributed by atoms with Crippen molar-refractivity contribution in [2.24, 2.45) is 0 Å². The first kappa shape index (κ1) is 15.4. The van der Waals surface area contributed by atoms with Crippen LogP contribution in [0.3, 0.4) is 0 Å². The maximum absolute atomic E-state index is 12.3. The van der Waals surface area contributed by atoms with Crippen molar-refractivity contribution in [1.29, 1.82) is 0 Å². The molecule has 0 bridgehead atoms. The molecule has 2 heterocycles. The number of carbonyl (C=O) groups is 2. The second-order valence-corrected chi connectivity index (χ2v) is 5.29. The van der Waals surface area contributed by atoms with Crippen molar-refractivity contribution in [3.8, 4) is 0 Å². The summed E-state index contributed by atoms with van der Waals surface area (Å²) < 4.78 is 10.4. The molecular weight excluding hydrogens is 296 g/mol. The van der Waals surface area contributed by atoms with Crippen LogP contribution in [-0.4, -0.2) is 36.2 Å². The van der Waals surface area contributed by atoms with Crippen LogP contribution in [0.2, 0.25) is 0 Å². The molecule has 1 aromatic carbocycles. The third-order valence-electron chi connectivity index (χ3n) is 3.68. The van der Waals surface area contributed by atoms with Gasteiger partial charge in [0.25, 0.3) is 5.91 Å². The minimum absolute atomic E-state index is 0.211. The lowest BCUT2D eigenvalue weighted by Crippen LogP contribution is -2.28. The van der Waals surface area contributed by atoms with E-state index in [-0.39, 0.29) is 23.9 Å². The number of pyridine rings is 1. The molecule has 1 amide bonds. The SMILES string of the molecule is CCOC(=O)c1cc2ccccc2nc1NC(=O)[C@@H]1CCCO1. The average Bonchev–Trinajstić information content (AvgIpc) is 3.09. The number of ether oxygens (including phenoxy) is 2. The minimum atomic E-state index is -0.506. The summed E-state index contributed by atoms with van der Waals surface area (Å²) in [4.78, 5) is 28.8. The molecule has 1 fully saturated rings. The predicted octanol–water partition coefficient (Wildman–Crippen LogP) is 2.53. The number of nitrogens with zero attached hydrogens (tertiary/aromatic N) is 1. The molecule has 0 unspecified atom stereocenters. The second-order valence-electron chi connectivity index (χ2n) is 5.29. The zero-order chi connectivity index (χ0) is 16.2. The van der Waals surface area contributed by atoms with Crippen LogP contribution in [-0.2, 0) is 14.3 Å². The minimum Gasteiger partial charge on any atom is -0.462 e. The number of amides is 1. The summed E-state index contributed by atoms with van der Waals surface area (Å²) in [6.07, 6.45) is 1.04. The highest BCUT2D eigenvalue weighted by Crippen LogP contribution is 2.23. The molecule has 0 radical (unpaired) electrons. The standard InChI is InChI=1S/C17H18N2O4/c1-2-22-17(21)12-10-11-6-3-4-7-13(11)18-15(12)19-16(20)14-8-5-9-23-14/h3-4,6-7,10,14H,2,5,8-9H2,1H3,(H,18,19,20)/t14-/m0/s1. The van der Waals surface area contributed by atoms with Gasteiger partial charge in [0.2, 0.25) is 0 Å². The van der Waals surface area contributed by atoms with Crippen LogP contribution in [0.1, 0.15) is 30.1 Å². The van der Waals surface area contributed by atoms with Gasteiger partial charge in [0.1, 0.15) is 17.5 Å². The molecule has 6 heteroatoms. The summed E-state index contributed by atoms with van der Waals surface area (Å²) in [6, 6.07) is 9.09. The highest BCUT2D eigenvalue weighted by atomic mass is 16.5. The first-order chi connectivity index (χ1) is 11.2. The first-order valence-electron chi connectivity index (χ1n) is 7.68. The Morgan fingerprint density at radius 2 is 2.22 bits per heavy atom. The van der Waals surface area contributed by atoms with Gasteiger partial charge in [-0.3, -0.25) is 4.79 Å². The Balaban J connectivity index is 1.96. The summed E-state index contributed by atoms with van der Waals surface area (Å²) >= 11 is 0. The van der Waals surface area contributed by atoms with Crippen molar-refractivity contribution < 1.29 is 19.1 Å². The van der Waals surface area contributed by atoms with Crippen LogP contribution in [0.25, 0.3) is 10.9 Å². The first-order valence-corrected chi connectivity index (χ1v) is 7.68. The highest BCUT2D eigenvalue weighted by molar-refractivity contribution is 6.04. The van der Waals surface area contributed by atoms with Crippen molar-refractivity contribution in [3.63, 3.8) is 0 Å². The van der Waals surface area contributed by atoms with Crippen LogP contribution in [0.15, 0.2) is 30.3 Å². The maximum atomic E-state index is 12.3. The molecule has 1 aliphatic rings. The zero-order valence-electron chi connectivity index (χ0n) is 12.9. The third-order valence-corrected chi connectivity index (χ3v) is 3.68. The van der Waals surface area contributed by atoms with E-state index in [1.54, 1.807) is 13.0 Å². The largest absolute Gasteiger partial charge is 0.462 e. The number of carbonyl (C=O) groups excluding carboxylic acids is 2. The van der Waals surface area contributed by atoms with Crippen LogP contribution in [0, 0.1) is 0 Å². The third kappa shape index (κ3) is 3.32. The average molecular weight is 314 g/mol. The van der Waals surface area contributed by atoms with E-state index in [0.29, 0.717) is 18.5 Å². The van der Waals surface area contributed by atoms with E-state index in [4.69, 9.17) is 9.47 Å². The van der Waals surface area contributed by atoms with E-state index in [9.17, 15) is 9.59 Å². The fourth-order valence-electron chi connectivity index (χ4n) is 2.56. The van der Waals surface area contributed by atoms with Gasteiger partial charge in [-0.25, -0.2) is 9.78 Å². The molecule has 1 saturated heterocycles. The summed E-state index contributed by atoms with van der Waals surface area (Å²) in [5.41, 5.74) is 0.945. The molecule has 6 nitrogen and oxygen atoms in total. The molecule has 0 aliphatic carbocycles. The van der Waals surface area contributed by atoms with Crippen LogP contribution >= 0.6 is 0 Å². The number of fused-ring (bicyclic) bond motifs is 1. The van der Waals surface area contributed by atoms with Gasteiger partial charge < -0.3 is 14.8 Å². The topological polar surface area (TPSA) is 77.5 Å². The number of nitrogens with one attached hydrogen (secondary N) is 1. The van der Waals surface area contributed by atoms with Gasteiger partial charge in [0, 0.05) is 12.0 Å². The van der Waals surface area contributed by atoms with Gasteiger partial charge in [-0.05, 0) is 31.9 Å². The maximum Gasteiger partial charge on any atom is 0.341 e. The quantitative estimate of drug-likeness (QED) is 0.877. The van der Waals surface area contributed by atoms with E-state index in [2.05, 4.69) is 10.3 Å². The number of hydrogen-bond acceptors (Lipinski definition) is 5. The molecule has 1 aromatic heterocycles. The molecule has 23 heavy (non-hydrogen) atoms. The highest BCUT2D eigenvalue weighted by Gasteiger charge is 2.26. The van der Waals surface area contributed by atoms with Crippen LogP contribution in [0.5, 0.6) is 0 Å². The Hall–Kier alpha value is -2.47. The van der Waals surface area contributed by atoms with Crippen molar-refractivity contribution >= 4 is 28.6 Å². The number of esters is 1. The monoisotopic (exact) mass is 314 g/mol. The number of para-hydroxylation sites is 1.